The summed E-state index contributed by atoms with van der Waals surface area (Å²) in [7, 11) is 0. The summed E-state index contributed by atoms with van der Waals surface area (Å²) in [4.78, 5) is 12.7. The number of nitrogens with one attached hydrogen (secondary N) is 2. The van der Waals surface area contributed by atoms with Crippen LogP contribution in [0, 0.1) is 11.3 Å². The fourth-order valence-corrected chi connectivity index (χ4v) is 4.16. The molecule has 3 aromatic heterocycles. The third-order valence-electron chi connectivity index (χ3n) is 5.05. The molecule has 3 heterocycles. The molecule has 29 heavy (non-hydrogen) atoms. The summed E-state index contributed by atoms with van der Waals surface area (Å²) in [5.74, 6) is -2.99. The van der Waals surface area contributed by atoms with Crippen LogP contribution in [0.1, 0.15) is 35.3 Å². The van der Waals surface area contributed by atoms with Crippen molar-refractivity contribution in [2.24, 2.45) is 5.73 Å². The first-order valence-corrected chi connectivity index (χ1v) is 10.00. The van der Waals surface area contributed by atoms with E-state index in [2.05, 4.69) is 15.7 Å². The Labute approximate surface area is 169 Å². The van der Waals surface area contributed by atoms with Crippen molar-refractivity contribution in [3.63, 3.8) is 0 Å². The van der Waals surface area contributed by atoms with Crippen molar-refractivity contribution < 1.29 is 13.6 Å². The minimum Gasteiger partial charge on any atom is -0.364 e. The molecule has 1 fully saturated rings. The molecule has 1 amide bonds. The predicted molar refractivity (Wildman–Crippen MR) is 106 cm³/mol. The van der Waals surface area contributed by atoms with Crippen LogP contribution in [-0.4, -0.2) is 33.5 Å². The van der Waals surface area contributed by atoms with E-state index in [0.717, 1.165) is 0 Å². The Morgan fingerprint density at radius 2 is 2.14 bits per heavy atom. The highest BCUT2D eigenvalue weighted by Gasteiger charge is 2.44. The van der Waals surface area contributed by atoms with Crippen LogP contribution in [0.2, 0.25) is 0 Å². The number of anilines is 2. The number of carbonyl (C=O) groups is 1. The maximum atomic E-state index is 13.9. The smallest absolute Gasteiger partial charge is 0.274 e. The average Bonchev–Trinajstić information content (AvgIpc) is 3.31. The van der Waals surface area contributed by atoms with Gasteiger partial charge in [0.25, 0.3) is 11.8 Å². The Bertz CT molecular complexity index is 1100. The number of nitrogens with zero attached hydrogens (tertiary/aromatic N) is 3. The maximum absolute atomic E-state index is 13.9. The molecule has 10 heteroatoms. The fourth-order valence-electron chi connectivity index (χ4n) is 3.45. The number of alkyl halides is 2. The number of aromatic nitrogens is 2. The normalized spacial score (nSPS) is 20.9. The van der Waals surface area contributed by atoms with Crippen LogP contribution < -0.4 is 16.4 Å². The molecule has 0 spiro atoms. The highest BCUT2D eigenvalue weighted by molar-refractivity contribution is 7.08. The Morgan fingerprint density at radius 1 is 1.34 bits per heavy atom. The van der Waals surface area contributed by atoms with E-state index in [1.807, 2.05) is 6.07 Å². The van der Waals surface area contributed by atoms with Crippen molar-refractivity contribution in [1.29, 1.82) is 5.26 Å². The molecule has 0 aromatic carbocycles. The number of hydrogen-bond acceptors (Lipinski definition) is 6. The Kier molecular flexibility index (Phi) is 4.94. The minimum absolute atomic E-state index is 0.214. The predicted octanol–water partition coefficient (Wildman–Crippen LogP) is 3.45. The zero-order valence-corrected chi connectivity index (χ0v) is 16.0. The Balaban J connectivity index is 1.58. The largest absolute Gasteiger partial charge is 0.364 e. The number of fused-ring (bicyclic) bond motifs is 1. The van der Waals surface area contributed by atoms with Crippen LogP contribution in [-0.2, 0) is 0 Å². The molecule has 2 atom stereocenters. The molecular weight excluding hydrogens is 398 g/mol. The van der Waals surface area contributed by atoms with Crippen LogP contribution in [0.25, 0.3) is 5.52 Å². The van der Waals surface area contributed by atoms with E-state index in [0.29, 0.717) is 35.4 Å². The zero-order valence-electron chi connectivity index (χ0n) is 15.2. The first-order chi connectivity index (χ1) is 13.9. The molecule has 0 bridgehead atoms. The summed E-state index contributed by atoms with van der Waals surface area (Å²) >= 11 is 1.31. The lowest BCUT2D eigenvalue weighted by molar-refractivity contribution is -0.0554. The number of carbonyl (C=O) groups excluding carboxylic acids is 1. The van der Waals surface area contributed by atoms with Gasteiger partial charge in [0.15, 0.2) is 0 Å². The molecule has 3 aromatic rings. The van der Waals surface area contributed by atoms with E-state index in [1.54, 1.807) is 35.0 Å². The number of rotatable bonds is 4. The summed E-state index contributed by atoms with van der Waals surface area (Å²) in [5.41, 5.74) is 7.49. The first kappa shape index (κ1) is 19.3. The van der Waals surface area contributed by atoms with Gasteiger partial charge in [-0.15, -0.1) is 16.4 Å². The van der Waals surface area contributed by atoms with Gasteiger partial charge in [0.05, 0.1) is 22.8 Å². The van der Waals surface area contributed by atoms with Crippen molar-refractivity contribution >= 4 is 34.3 Å². The lowest BCUT2D eigenvalue weighted by Gasteiger charge is -2.36. The van der Waals surface area contributed by atoms with E-state index in [1.165, 1.54) is 15.9 Å². The van der Waals surface area contributed by atoms with Crippen molar-refractivity contribution in [3.8, 4) is 6.07 Å². The van der Waals surface area contributed by atoms with Gasteiger partial charge in [0.1, 0.15) is 17.6 Å². The van der Waals surface area contributed by atoms with E-state index in [9.17, 15) is 13.6 Å². The average molecular weight is 416 g/mol. The maximum Gasteiger partial charge on any atom is 0.274 e. The summed E-state index contributed by atoms with van der Waals surface area (Å²) in [5, 5.41) is 22.5. The van der Waals surface area contributed by atoms with Gasteiger partial charge in [0.2, 0.25) is 0 Å². The van der Waals surface area contributed by atoms with Gasteiger partial charge in [0, 0.05) is 23.2 Å². The lowest BCUT2D eigenvalue weighted by Crippen LogP contribution is -2.55. The van der Waals surface area contributed by atoms with E-state index in [4.69, 9.17) is 11.0 Å². The molecule has 4 rings (SSSR count). The summed E-state index contributed by atoms with van der Waals surface area (Å²) in [6, 6.07) is 6.86. The van der Waals surface area contributed by atoms with Crippen LogP contribution in [0.15, 0.2) is 35.0 Å². The second kappa shape index (κ2) is 7.42. The van der Waals surface area contributed by atoms with Crippen LogP contribution >= 0.6 is 11.3 Å². The molecule has 4 N–H and O–H groups in total. The van der Waals surface area contributed by atoms with Crippen molar-refractivity contribution in [3.05, 3.63) is 46.3 Å². The number of hydrogen-bond donors (Lipinski definition) is 3. The van der Waals surface area contributed by atoms with Gasteiger partial charge in [-0.25, -0.2) is 13.3 Å². The molecule has 0 aliphatic heterocycles. The van der Waals surface area contributed by atoms with E-state index in [-0.39, 0.29) is 12.1 Å². The first-order valence-electron chi connectivity index (χ1n) is 9.05. The van der Waals surface area contributed by atoms with Crippen LogP contribution in [0.3, 0.4) is 0 Å². The van der Waals surface area contributed by atoms with Gasteiger partial charge in [-0.2, -0.15) is 5.26 Å². The Hall–Kier alpha value is -3.03. The number of nitrogens with two attached hydrogens (primary N) is 1. The quantitative estimate of drug-likeness (QED) is 0.604. The van der Waals surface area contributed by atoms with Gasteiger partial charge in [-0.1, -0.05) is 0 Å². The minimum atomic E-state index is -2.92. The molecule has 150 valence electrons. The molecule has 1 saturated carbocycles. The SMILES string of the molecule is N#Cc1cscc1NC(=O)c1ccc2ccc(N[C@@H]3CCCC(F)(F)[C@@H]3N)nn12. The van der Waals surface area contributed by atoms with Crippen LogP contribution in [0.5, 0.6) is 0 Å². The third kappa shape index (κ3) is 3.66. The second-order valence-corrected chi connectivity index (χ2v) is 7.71. The highest BCUT2D eigenvalue weighted by Crippen LogP contribution is 2.33. The molecule has 0 radical (unpaired) electrons. The monoisotopic (exact) mass is 416 g/mol. The van der Waals surface area contributed by atoms with Gasteiger partial charge >= 0.3 is 0 Å². The number of amides is 1. The van der Waals surface area contributed by atoms with Crippen LogP contribution in [0.4, 0.5) is 20.3 Å². The molecule has 0 unspecified atom stereocenters. The molecule has 1 aliphatic rings. The van der Waals surface area contributed by atoms with Crippen molar-refractivity contribution in [2.75, 3.05) is 10.6 Å². The van der Waals surface area contributed by atoms with Gasteiger partial charge in [-0.05, 0) is 37.1 Å². The lowest BCUT2D eigenvalue weighted by atomic mass is 9.87. The summed E-state index contributed by atoms with van der Waals surface area (Å²) < 4.78 is 29.2. The molecule has 1 aliphatic carbocycles. The molecule has 7 nitrogen and oxygen atoms in total. The Morgan fingerprint density at radius 3 is 2.93 bits per heavy atom. The molecule has 0 saturated heterocycles. The fraction of sp³-hybridized carbons (Fsp3) is 0.316. The van der Waals surface area contributed by atoms with Gasteiger partial charge < -0.3 is 16.4 Å². The standard InChI is InChI=1S/C19H18F2N6OS/c20-19(21)7-1-2-13(17(19)23)24-16-6-4-12-3-5-15(27(12)26-16)18(28)25-14-10-29-9-11(14)8-22/h3-6,9-10,13,17H,1-2,7,23H2,(H,24,26)(H,25,28)/t13-,17-/m1/s1. The number of halogens is 2. The summed E-state index contributed by atoms with van der Waals surface area (Å²) in [6.45, 7) is 0. The van der Waals surface area contributed by atoms with Gasteiger partial charge in [-0.3, -0.25) is 4.79 Å². The third-order valence-corrected chi connectivity index (χ3v) is 5.79. The van der Waals surface area contributed by atoms with E-state index < -0.39 is 23.9 Å². The topological polar surface area (TPSA) is 108 Å². The molecular formula is C19H18F2N6OS. The number of thiophene rings is 1. The van der Waals surface area contributed by atoms with E-state index >= 15 is 0 Å². The highest BCUT2D eigenvalue weighted by atomic mass is 32.1. The summed E-state index contributed by atoms with van der Waals surface area (Å²) in [6.07, 6.45) is 0.679. The second-order valence-electron chi connectivity index (χ2n) is 6.97. The van der Waals surface area contributed by atoms with Crippen molar-refractivity contribution in [1.82, 2.24) is 9.61 Å². The number of nitriles is 1. The van der Waals surface area contributed by atoms with Crippen molar-refractivity contribution in [2.45, 2.75) is 37.3 Å². The zero-order chi connectivity index (χ0) is 20.6.